The monoisotopic (exact) mass is 334 g/mol. The number of para-hydroxylation sites is 2. The normalized spacial score (nSPS) is 16.5. The van der Waals surface area contributed by atoms with E-state index in [2.05, 4.69) is 12.2 Å². The Hall–Kier alpha value is -2.75. The molecule has 0 saturated carbocycles. The Morgan fingerprint density at radius 3 is 2.76 bits per heavy atom. The molecule has 2 aromatic carbocycles. The Balaban J connectivity index is 1.86. The maximum absolute atomic E-state index is 14.0. The van der Waals surface area contributed by atoms with E-state index >= 15 is 0 Å². The van der Waals surface area contributed by atoms with Gasteiger partial charge in [0.2, 0.25) is 0 Å². The minimum absolute atomic E-state index is 0.200. The van der Waals surface area contributed by atoms with Gasteiger partial charge < -0.3 is 5.32 Å². The molecule has 4 heteroatoms. The number of hydrogen-bond acceptors (Lipinski definition) is 2. The highest BCUT2D eigenvalue weighted by molar-refractivity contribution is 6.13. The van der Waals surface area contributed by atoms with Crippen LogP contribution >= 0.6 is 0 Å². The predicted octanol–water partition coefficient (Wildman–Crippen LogP) is 4.75. The number of aromatic nitrogens is 1. The maximum atomic E-state index is 14.0. The van der Waals surface area contributed by atoms with Crippen molar-refractivity contribution in [2.24, 2.45) is 5.92 Å². The number of nitrogens with one attached hydrogen (secondary N) is 1. The summed E-state index contributed by atoms with van der Waals surface area (Å²) in [6.07, 6.45) is 2.78. The fourth-order valence-corrected chi connectivity index (χ4v) is 3.57. The van der Waals surface area contributed by atoms with Crippen LogP contribution in [0.25, 0.3) is 10.9 Å². The summed E-state index contributed by atoms with van der Waals surface area (Å²) >= 11 is 0. The second-order valence-electron chi connectivity index (χ2n) is 6.71. The predicted molar refractivity (Wildman–Crippen MR) is 97.3 cm³/mol. The number of aryl methyl sites for hydroxylation is 1. The van der Waals surface area contributed by atoms with Crippen molar-refractivity contribution in [1.82, 2.24) is 4.98 Å². The molecule has 1 atom stereocenters. The van der Waals surface area contributed by atoms with Crippen LogP contribution < -0.4 is 5.32 Å². The highest BCUT2D eigenvalue weighted by atomic mass is 19.1. The quantitative estimate of drug-likeness (QED) is 0.735. The number of fused-ring (bicyclic) bond motifs is 2. The lowest BCUT2D eigenvalue weighted by Crippen LogP contribution is -2.22. The standard InChI is InChI=1S/C21H19FN2O/c1-13-10-11-18-15(12-13)20(14-6-2-4-8-17(14)23-18)21(25)24-19-9-5-3-7-16(19)22/h2-9,13H,10-12H2,1H3,(H,24,25)/t13-/m1/s1. The fraction of sp³-hybridized carbons (Fsp3) is 0.238. The number of hydrogen-bond donors (Lipinski definition) is 1. The third-order valence-corrected chi connectivity index (χ3v) is 4.85. The molecule has 1 aliphatic rings. The summed E-state index contributed by atoms with van der Waals surface area (Å²) in [6.45, 7) is 2.19. The van der Waals surface area contributed by atoms with E-state index in [0.29, 0.717) is 11.5 Å². The molecule has 1 N–H and O–H groups in total. The van der Waals surface area contributed by atoms with E-state index < -0.39 is 5.82 Å². The van der Waals surface area contributed by atoms with Crippen molar-refractivity contribution >= 4 is 22.5 Å². The Labute approximate surface area is 145 Å². The zero-order valence-corrected chi connectivity index (χ0v) is 14.1. The van der Waals surface area contributed by atoms with Gasteiger partial charge in [0.15, 0.2) is 0 Å². The molecule has 0 fully saturated rings. The summed E-state index contributed by atoms with van der Waals surface area (Å²) in [4.78, 5) is 17.8. The van der Waals surface area contributed by atoms with E-state index in [0.717, 1.165) is 41.4 Å². The van der Waals surface area contributed by atoms with Gasteiger partial charge in [0.1, 0.15) is 5.82 Å². The van der Waals surface area contributed by atoms with Crippen LogP contribution in [0.3, 0.4) is 0 Å². The van der Waals surface area contributed by atoms with E-state index in [1.54, 1.807) is 18.2 Å². The molecule has 0 aliphatic heterocycles. The minimum atomic E-state index is -0.434. The lowest BCUT2D eigenvalue weighted by atomic mass is 9.84. The highest BCUT2D eigenvalue weighted by Gasteiger charge is 2.25. The second-order valence-corrected chi connectivity index (χ2v) is 6.71. The van der Waals surface area contributed by atoms with Crippen LogP contribution in [0.15, 0.2) is 48.5 Å². The Bertz CT molecular complexity index is 967. The van der Waals surface area contributed by atoms with Gasteiger partial charge in [-0.2, -0.15) is 0 Å². The molecule has 4 rings (SSSR count). The number of rotatable bonds is 2. The van der Waals surface area contributed by atoms with Crippen molar-refractivity contribution in [1.29, 1.82) is 0 Å². The number of benzene rings is 2. The van der Waals surface area contributed by atoms with Crippen molar-refractivity contribution in [3.05, 3.63) is 71.2 Å². The van der Waals surface area contributed by atoms with Crippen LogP contribution in [-0.2, 0) is 12.8 Å². The third kappa shape index (κ3) is 2.88. The van der Waals surface area contributed by atoms with Crippen molar-refractivity contribution in [2.75, 3.05) is 5.32 Å². The van der Waals surface area contributed by atoms with Crippen LogP contribution in [0.5, 0.6) is 0 Å². The van der Waals surface area contributed by atoms with E-state index in [1.165, 1.54) is 6.07 Å². The number of nitrogens with zero attached hydrogens (tertiary/aromatic N) is 1. The summed E-state index contributed by atoms with van der Waals surface area (Å²) in [5, 5.41) is 3.57. The number of pyridine rings is 1. The molecule has 1 aromatic heterocycles. The molecule has 0 spiro atoms. The Kier molecular flexibility index (Phi) is 3.96. The molecule has 25 heavy (non-hydrogen) atoms. The summed E-state index contributed by atoms with van der Waals surface area (Å²) in [6, 6.07) is 13.9. The first-order valence-electron chi connectivity index (χ1n) is 8.60. The van der Waals surface area contributed by atoms with Crippen LogP contribution in [0.4, 0.5) is 10.1 Å². The van der Waals surface area contributed by atoms with Crippen LogP contribution in [0, 0.1) is 11.7 Å². The molecule has 3 nitrogen and oxygen atoms in total. The summed E-state index contributed by atoms with van der Waals surface area (Å²) in [7, 11) is 0. The van der Waals surface area contributed by atoms with Crippen LogP contribution in [0.2, 0.25) is 0 Å². The zero-order chi connectivity index (χ0) is 17.4. The Morgan fingerprint density at radius 2 is 1.92 bits per heavy atom. The first-order valence-corrected chi connectivity index (χ1v) is 8.60. The van der Waals surface area contributed by atoms with Gasteiger partial charge in [-0.05, 0) is 48.9 Å². The van der Waals surface area contributed by atoms with Gasteiger partial charge >= 0.3 is 0 Å². The van der Waals surface area contributed by atoms with E-state index in [9.17, 15) is 9.18 Å². The van der Waals surface area contributed by atoms with E-state index in [1.807, 2.05) is 24.3 Å². The molecule has 1 amide bonds. The lowest BCUT2D eigenvalue weighted by molar-refractivity contribution is 0.102. The van der Waals surface area contributed by atoms with Crippen molar-refractivity contribution < 1.29 is 9.18 Å². The second kappa shape index (κ2) is 6.28. The van der Waals surface area contributed by atoms with Crippen LogP contribution in [-0.4, -0.2) is 10.9 Å². The number of carbonyl (C=O) groups is 1. The molecular weight excluding hydrogens is 315 g/mol. The molecule has 0 radical (unpaired) electrons. The molecule has 0 bridgehead atoms. The van der Waals surface area contributed by atoms with Gasteiger partial charge in [-0.1, -0.05) is 37.3 Å². The van der Waals surface area contributed by atoms with Crippen molar-refractivity contribution in [3.8, 4) is 0 Å². The van der Waals surface area contributed by atoms with Gasteiger partial charge in [-0.3, -0.25) is 9.78 Å². The average Bonchev–Trinajstić information content (AvgIpc) is 2.61. The number of anilines is 1. The molecule has 126 valence electrons. The zero-order valence-electron chi connectivity index (χ0n) is 14.1. The van der Waals surface area contributed by atoms with Gasteiger partial charge in [0.05, 0.1) is 16.8 Å². The number of amides is 1. The number of halogens is 1. The molecular formula is C21H19FN2O. The first kappa shape index (κ1) is 15.8. The molecule has 3 aromatic rings. The van der Waals surface area contributed by atoms with Gasteiger partial charge in [-0.25, -0.2) is 4.39 Å². The molecule has 0 unspecified atom stereocenters. The lowest BCUT2D eigenvalue weighted by Gasteiger charge is -2.24. The summed E-state index contributed by atoms with van der Waals surface area (Å²) in [5.41, 5.74) is 3.65. The Morgan fingerprint density at radius 1 is 1.16 bits per heavy atom. The molecule has 0 saturated heterocycles. The molecule has 1 aliphatic carbocycles. The summed E-state index contributed by atoms with van der Waals surface area (Å²) < 4.78 is 14.0. The van der Waals surface area contributed by atoms with Crippen LogP contribution in [0.1, 0.15) is 35.0 Å². The third-order valence-electron chi connectivity index (χ3n) is 4.85. The van der Waals surface area contributed by atoms with Crippen molar-refractivity contribution in [3.63, 3.8) is 0 Å². The number of carbonyl (C=O) groups excluding carboxylic acids is 1. The largest absolute Gasteiger partial charge is 0.319 e. The highest BCUT2D eigenvalue weighted by Crippen LogP contribution is 2.32. The van der Waals surface area contributed by atoms with Gasteiger partial charge in [0.25, 0.3) is 5.91 Å². The molecule has 1 heterocycles. The van der Waals surface area contributed by atoms with E-state index in [4.69, 9.17) is 4.98 Å². The SMILES string of the molecule is C[C@@H]1CCc2nc3ccccc3c(C(=O)Nc3ccccc3F)c2C1. The maximum Gasteiger partial charge on any atom is 0.256 e. The smallest absolute Gasteiger partial charge is 0.256 e. The van der Waals surface area contributed by atoms with Gasteiger partial charge in [-0.15, -0.1) is 0 Å². The fourth-order valence-electron chi connectivity index (χ4n) is 3.57. The van der Waals surface area contributed by atoms with Crippen molar-refractivity contribution in [2.45, 2.75) is 26.2 Å². The average molecular weight is 334 g/mol. The summed E-state index contributed by atoms with van der Waals surface area (Å²) in [5.74, 6) is -0.194. The van der Waals surface area contributed by atoms with Gasteiger partial charge in [0, 0.05) is 11.1 Å². The van der Waals surface area contributed by atoms with E-state index in [-0.39, 0.29) is 11.6 Å². The topological polar surface area (TPSA) is 42.0 Å². The first-order chi connectivity index (χ1) is 12.1. The minimum Gasteiger partial charge on any atom is -0.319 e.